The number of likely N-dealkylation sites (tertiary alicyclic amines) is 1. The maximum Gasteiger partial charge on any atom is 0.258 e. The van der Waals surface area contributed by atoms with Crippen LogP contribution in [0.2, 0.25) is 0 Å². The second-order valence-electron chi connectivity index (χ2n) is 8.96. The minimum Gasteiger partial charge on any atom is -0.484 e. The van der Waals surface area contributed by atoms with Gasteiger partial charge in [0.1, 0.15) is 17.9 Å². The molecule has 2 aliphatic rings. The van der Waals surface area contributed by atoms with Crippen LogP contribution in [0.15, 0.2) is 36.7 Å². The molecule has 0 spiro atoms. The molecule has 2 fully saturated rings. The Morgan fingerprint density at radius 2 is 1.94 bits per heavy atom. The minimum atomic E-state index is -0.996. The highest BCUT2D eigenvalue weighted by Crippen LogP contribution is 2.24. The Morgan fingerprint density at radius 1 is 1.16 bits per heavy atom. The van der Waals surface area contributed by atoms with Gasteiger partial charge in [0.05, 0.1) is 5.60 Å². The van der Waals surface area contributed by atoms with Gasteiger partial charge in [-0.2, -0.15) is 0 Å². The highest BCUT2D eigenvalue weighted by molar-refractivity contribution is 5.77. The number of aryl methyl sites for hydroxylation is 1. The number of piperidine rings is 1. The van der Waals surface area contributed by atoms with Crippen LogP contribution in [0.4, 0.5) is 5.82 Å². The highest BCUT2D eigenvalue weighted by Gasteiger charge is 2.34. The Kier molecular flexibility index (Phi) is 7.22. The number of carbonyl (C=O) groups excluding carboxylic acids is 1. The van der Waals surface area contributed by atoms with Crippen molar-refractivity contribution in [2.24, 2.45) is 0 Å². The lowest BCUT2D eigenvalue weighted by Crippen LogP contribution is -2.55. The number of amides is 1. The number of hydrogen-bond donors (Lipinski definition) is 2. The number of carbonyl (C=O) groups is 1. The van der Waals surface area contributed by atoms with Gasteiger partial charge in [0.25, 0.3) is 5.91 Å². The van der Waals surface area contributed by atoms with Crippen molar-refractivity contribution in [3.8, 4) is 5.75 Å². The molecular weight excluding hydrogens is 406 g/mol. The standard InChI is InChI=1S/C24H33N5O3/c1-19-13-22(27-18-26-19)29-12-4-9-24(31,17-29)16-25-23(30)15-32-21-7-5-20(6-8-21)14-28-10-2-3-11-28/h5-8,13,18,31H,2-4,9-12,14-17H2,1H3,(H,25,30). The molecule has 0 radical (unpaired) electrons. The van der Waals surface area contributed by atoms with Crippen LogP contribution in [0.1, 0.15) is 36.9 Å². The molecule has 2 aromatic rings. The number of nitrogens with zero attached hydrogens (tertiary/aromatic N) is 4. The average Bonchev–Trinajstić information content (AvgIpc) is 3.30. The van der Waals surface area contributed by atoms with Gasteiger partial charge in [-0.3, -0.25) is 9.69 Å². The lowest BCUT2D eigenvalue weighted by atomic mass is 9.92. The zero-order chi connectivity index (χ0) is 22.4. The number of anilines is 1. The van der Waals surface area contributed by atoms with Gasteiger partial charge in [-0.25, -0.2) is 9.97 Å². The molecule has 32 heavy (non-hydrogen) atoms. The van der Waals surface area contributed by atoms with E-state index in [0.29, 0.717) is 18.7 Å². The zero-order valence-electron chi connectivity index (χ0n) is 18.8. The smallest absolute Gasteiger partial charge is 0.258 e. The summed E-state index contributed by atoms with van der Waals surface area (Å²) >= 11 is 0. The second-order valence-corrected chi connectivity index (χ2v) is 8.96. The van der Waals surface area contributed by atoms with Gasteiger partial charge in [-0.05, 0) is 63.4 Å². The van der Waals surface area contributed by atoms with Crippen LogP contribution in [0.25, 0.3) is 0 Å². The molecule has 1 atom stereocenters. The third-order valence-electron chi connectivity index (χ3n) is 6.18. The number of rotatable bonds is 8. The van der Waals surface area contributed by atoms with Crippen LogP contribution in [-0.4, -0.2) is 70.8 Å². The number of nitrogens with one attached hydrogen (secondary N) is 1. The molecule has 8 nitrogen and oxygen atoms in total. The molecule has 3 heterocycles. The number of β-amino-alcohol motifs (C(OH)–C–C–N with tert-alkyl or cyclic N) is 1. The summed E-state index contributed by atoms with van der Waals surface area (Å²) in [5.74, 6) is 1.24. The SMILES string of the molecule is Cc1cc(N2CCCC(O)(CNC(=O)COc3ccc(CN4CCCC4)cc3)C2)ncn1. The van der Waals surface area contributed by atoms with Crippen molar-refractivity contribution in [3.63, 3.8) is 0 Å². The molecule has 2 aliphatic heterocycles. The Morgan fingerprint density at radius 3 is 2.69 bits per heavy atom. The van der Waals surface area contributed by atoms with Gasteiger partial charge >= 0.3 is 0 Å². The second kappa shape index (κ2) is 10.3. The van der Waals surface area contributed by atoms with Gasteiger partial charge in [0.15, 0.2) is 6.61 Å². The van der Waals surface area contributed by atoms with E-state index in [1.54, 1.807) is 0 Å². The third kappa shape index (κ3) is 6.17. The van der Waals surface area contributed by atoms with Crippen LogP contribution in [0, 0.1) is 6.92 Å². The van der Waals surface area contributed by atoms with Crippen molar-refractivity contribution in [1.82, 2.24) is 20.2 Å². The first-order valence-electron chi connectivity index (χ1n) is 11.5. The number of aliphatic hydroxyl groups is 1. The fourth-order valence-corrected chi connectivity index (χ4v) is 4.42. The van der Waals surface area contributed by atoms with Gasteiger partial charge in [0, 0.05) is 37.9 Å². The summed E-state index contributed by atoms with van der Waals surface area (Å²) < 4.78 is 5.63. The largest absolute Gasteiger partial charge is 0.484 e. The van der Waals surface area contributed by atoms with E-state index in [1.165, 1.54) is 37.8 Å². The first kappa shape index (κ1) is 22.5. The molecular formula is C24H33N5O3. The molecule has 1 unspecified atom stereocenters. The number of aromatic nitrogens is 2. The van der Waals surface area contributed by atoms with Crippen LogP contribution >= 0.6 is 0 Å². The van der Waals surface area contributed by atoms with Crippen LogP contribution in [0.5, 0.6) is 5.75 Å². The molecule has 172 valence electrons. The maximum absolute atomic E-state index is 12.3. The molecule has 0 aliphatic carbocycles. The minimum absolute atomic E-state index is 0.0730. The fourth-order valence-electron chi connectivity index (χ4n) is 4.42. The van der Waals surface area contributed by atoms with E-state index in [9.17, 15) is 9.90 Å². The van der Waals surface area contributed by atoms with E-state index in [-0.39, 0.29) is 19.1 Å². The molecule has 1 amide bonds. The van der Waals surface area contributed by atoms with Crippen molar-refractivity contribution >= 4 is 11.7 Å². The molecule has 1 aromatic heterocycles. The van der Waals surface area contributed by atoms with Gasteiger partial charge < -0.3 is 20.1 Å². The van der Waals surface area contributed by atoms with Crippen LogP contribution < -0.4 is 15.0 Å². The predicted octanol–water partition coefficient (Wildman–Crippen LogP) is 1.91. The lowest BCUT2D eigenvalue weighted by molar-refractivity contribution is -0.124. The summed E-state index contributed by atoms with van der Waals surface area (Å²) in [5, 5.41) is 13.8. The van der Waals surface area contributed by atoms with E-state index in [4.69, 9.17) is 4.74 Å². The highest BCUT2D eigenvalue weighted by atomic mass is 16.5. The summed E-state index contributed by atoms with van der Waals surface area (Å²) in [6, 6.07) is 9.85. The van der Waals surface area contributed by atoms with E-state index in [2.05, 4.69) is 32.3 Å². The molecule has 0 bridgehead atoms. The number of ether oxygens (including phenoxy) is 1. The summed E-state index contributed by atoms with van der Waals surface area (Å²) in [5.41, 5.74) is 1.15. The quantitative estimate of drug-likeness (QED) is 0.649. The van der Waals surface area contributed by atoms with Crippen LogP contribution in [0.3, 0.4) is 0 Å². The number of hydrogen-bond acceptors (Lipinski definition) is 7. The summed E-state index contributed by atoms with van der Waals surface area (Å²) in [7, 11) is 0. The molecule has 8 heteroatoms. The maximum atomic E-state index is 12.3. The molecule has 2 saturated heterocycles. The van der Waals surface area contributed by atoms with Crippen molar-refractivity contribution in [1.29, 1.82) is 0 Å². The molecule has 0 saturated carbocycles. The van der Waals surface area contributed by atoms with E-state index in [1.807, 2.05) is 30.0 Å². The summed E-state index contributed by atoms with van der Waals surface area (Å²) in [4.78, 5) is 25.2. The van der Waals surface area contributed by atoms with E-state index >= 15 is 0 Å². The first-order chi connectivity index (χ1) is 15.5. The summed E-state index contributed by atoms with van der Waals surface area (Å²) in [6.07, 6.45) is 5.56. The molecule has 4 rings (SSSR count). The Balaban J connectivity index is 1.21. The van der Waals surface area contributed by atoms with E-state index < -0.39 is 5.60 Å². The van der Waals surface area contributed by atoms with Gasteiger partial charge in [-0.1, -0.05) is 12.1 Å². The van der Waals surface area contributed by atoms with E-state index in [0.717, 1.165) is 31.0 Å². The lowest BCUT2D eigenvalue weighted by Gasteiger charge is -2.39. The number of benzene rings is 1. The van der Waals surface area contributed by atoms with Crippen molar-refractivity contribution in [2.45, 2.75) is 44.8 Å². The molecule has 1 aromatic carbocycles. The third-order valence-corrected chi connectivity index (χ3v) is 6.18. The average molecular weight is 440 g/mol. The van der Waals surface area contributed by atoms with Gasteiger partial charge in [-0.15, -0.1) is 0 Å². The normalized spacial score (nSPS) is 21.5. The Bertz CT molecular complexity index is 901. The topological polar surface area (TPSA) is 90.8 Å². The zero-order valence-corrected chi connectivity index (χ0v) is 18.8. The van der Waals surface area contributed by atoms with Crippen LogP contribution in [-0.2, 0) is 11.3 Å². The Labute approximate surface area is 189 Å². The monoisotopic (exact) mass is 439 g/mol. The van der Waals surface area contributed by atoms with Gasteiger partial charge in [0.2, 0.25) is 0 Å². The molecule has 2 N–H and O–H groups in total. The van der Waals surface area contributed by atoms with Crippen molar-refractivity contribution in [3.05, 3.63) is 47.9 Å². The summed E-state index contributed by atoms with van der Waals surface area (Å²) in [6.45, 7) is 6.57. The fraction of sp³-hybridized carbons (Fsp3) is 0.542. The Hall–Kier alpha value is -2.71. The first-order valence-corrected chi connectivity index (χ1v) is 11.5. The predicted molar refractivity (Wildman–Crippen MR) is 123 cm³/mol. The van der Waals surface area contributed by atoms with Crippen molar-refractivity contribution in [2.75, 3.05) is 44.2 Å². The van der Waals surface area contributed by atoms with Crippen molar-refractivity contribution < 1.29 is 14.6 Å².